The van der Waals surface area contributed by atoms with Crippen molar-refractivity contribution >= 4 is 45.4 Å². The summed E-state index contributed by atoms with van der Waals surface area (Å²) in [5.41, 5.74) is 10.5. The Bertz CT molecular complexity index is 1570. The number of carboxylic acid groups (broad SMARTS) is 1. The number of hydrogen-bond donors (Lipinski definition) is 5. The Hall–Kier alpha value is -4.69. The van der Waals surface area contributed by atoms with Gasteiger partial charge in [0.1, 0.15) is 0 Å². The number of hydrogen-bond acceptors (Lipinski definition) is 6. The number of anilines is 2. The average Bonchev–Trinajstić information content (AvgIpc) is 3.36. The van der Waals surface area contributed by atoms with Crippen LogP contribution in [0.2, 0.25) is 0 Å². The van der Waals surface area contributed by atoms with Crippen LogP contribution in [0.3, 0.4) is 0 Å². The second-order valence-electron chi connectivity index (χ2n) is 10.0. The number of nitrogens with two attached hydrogens (primary N) is 1. The molecule has 0 bridgehead atoms. The van der Waals surface area contributed by atoms with E-state index in [2.05, 4.69) is 44.2 Å². The number of nitrogens with one attached hydrogen (secondary N) is 3. The predicted octanol–water partition coefficient (Wildman–Crippen LogP) is 4.13. The van der Waals surface area contributed by atoms with Gasteiger partial charge in [0.2, 0.25) is 5.52 Å². The van der Waals surface area contributed by atoms with Crippen LogP contribution in [0.4, 0.5) is 11.5 Å². The third-order valence-electron chi connectivity index (χ3n) is 6.84. The first-order valence-corrected chi connectivity index (χ1v) is 14.4. The molecule has 2 aromatic heterocycles. The van der Waals surface area contributed by atoms with Gasteiger partial charge in [-0.25, -0.2) is 14.5 Å². The highest BCUT2D eigenvalue weighted by Crippen LogP contribution is 2.25. The molecule has 11 nitrogen and oxygen atoms in total. The maximum Gasteiger partial charge on any atom is 0.305 e. The second-order valence-corrected chi connectivity index (χ2v) is 10.0. The quantitative estimate of drug-likeness (QED) is 0.0615. The van der Waals surface area contributed by atoms with Crippen LogP contribution in [0, 0.1) is 11.3 Å². The highest BCUT2D eigenvalue weighted by atomic mass is 16.5. The molecule has 0 aliphatic heterocycles. The van der Waals surface area contributed by atoms with Crippen molar-refractivity contribution < 1.29 is 19.2 Å². The van der Waals surface area contributed by atoms with Crippen LogP contribution in [0.15, 0.2) is 53.5 Å². The van der Waals surface area contributed by atoms with Crippen molar-refractivity contribution in [3.05, 3.63) is 59.9 Å². The fraction of sp³-hybridized carbons (Fsp3) is 0.387. The van der Waals surface area contributed by atoms with Crippen LogP contribution < -0.4 is 20.9 Å². The lowest BCUT2D eigenvalue weighted by Crippen LogP contribution is -2.37. The van der Waals surface area contributed by atoms with Crippen molar-refractivity contribution in [3.8, 4) is 6.07 Å². The number of aromatic nitrogens is 3. The number of nitrogens with zero attached hydrogens (tertiary/aromatic N) is 4. The van der Waals surface area contributed by atoms with Crippen LogP contribution in [-0.2, 0) is 22.5 Å². The number of rotatable bonds is 15. The molecule has 0 saturated carbocycles. The Balaban J connectivity index is 1.44. The Morgan fingerprint density at radius 2 is 2.05 bits per heavy atom. The molecule has 0 radical (unpaired) electrons. The van der Waals surface area contributed by atoms with Crippen LogP contribution in [0.25, 0.3) is 21.9 Å². The standard InChI is InChI=1S/C31H38N8O3/c1-2-3-13-26-38-28-29(24-11-4-5-12-25(24)37-30(28)33)39(26)17-7-6-15-34-31(35-16-19-42-18-14-27(40)41)36-23-10-8-9-22(20-23)21-32/h4-5,8-12,20H,2-3,6-7,13-19H2,1H3,(H5,33,34,35,36,37,40,41)/p+1. The number of aryl methyl sites for hydroxylation is 2. The summed E-state index contributed by atoms with van der Waals surface area (Å²) in [7, 11) is 0. The van der Waals surface area contributed by atoms with Gasteiger partial charge in [-0.2, -0.15) is 5.26 Å². The lowest BCUT2D eigenvalue weighted by atomic mass is 10.2. The number of fused-ring (bicyclic) bond motifs is 3. The molecule has 6 N–H and O–H groups in total. The molecule has 0 saturated heterocycles. The molecule has 4 aromatic rings. The molecule has 0 spiro atoms. The molecule has 0 unspecified atom stereocenters. The van der Waals surface area contributed by atoms with Gasteiger partial charge in [0, 0.05) is 25.2 Å². The number of ether oxygens (including phenoxy) is 1. The van der Waals surface area contributed by atoms with Crippen LogP contribution >= 0.6 is 0 Å². The minimum atomic E-state index is -0.888. The van der Waals surface area contributed by atoms with Gasteiger partial charge in [-0.15, -0.1) is 0 Å². The van der Waals surface area contributed by atoms with Crippen molar-refractivity contribution in [1.29, 1.82) is 5.26 Å². The van der Waals surface area contributed by atoms with Gasteiger partial charge in [0.15, 0.2) is 17.3 Å². The first-order valence-electron chi connectivity index (χ1n) is 14.4. The minimum Gasteiger partial charge on any atom is -0.481 e. The Labute approximate surface area is 245 Å². The van der Waals surface area contributed by atoms with Gasteiger partial charge in [0.25, 0.3) is 5.82 Å². The van der Waals surface area contributed by atoms with Gasteiger partial charge in [-0.05, 0) is 49.6 Å². The highest BCUT2D eigenvalue weighted by molar-refractivity contribution is 6.04. The summed E-state index contributed by atoms with van der Waals surface area (Å²) in [5, 5.41) is 25.6. The normalized spacial score (nSPS) is 11.6. The number of para-hydroxylation sites is 1. The zero-order chi connectivity index (χ0) is 29.7. The average molecular weight is 572 g/mol. The third kappa shape index (κ3) is 8.17. The van der Waals surface area contributed by atoms with Gasteiger partial charge in [0.05, 0.1) is 48.7 Å². The molecule has 0 amide bonds. The first kappa shape index (κ1) is 30.3. The lowest BCUT2D eigenvalue weighted by molar-refractivity contribution is -0.678. The molecule has 11 heteroatoms. The van der Waals surface area contributed by atoms with E-state index in [0.717, 1.165) is 72.1 Å². The number of carboxylic acids is 1. The van der Waals surface area contributed by atoms with E-state index in [9.17, 15) is 10.1 Å². The number of aromatic amines is 1. The molecule has 220 valence electrons. The van der Waals surface area contributed by atoms with E-state index in [4.69, 9.17) is 20.6 Å². The zero-order valence-electron chi connectivity index (χ0n) is 24.0. The topological polar surface area (TPSA) is 165 Å². The molecule has 4 rings (SSSR count). The zero-order valence-corrected chi connectivity index (χ0v) is 24.0. The molecule has 0 aliphatic rings. The number of guanidine groups is 1. The number of H-pyrrole nitrogens is 1. The number of nitrogen functional groups attached to an aromatic ring is 1. The van der Waals surface area contributed by atoms with Gasteiger partial charge in [-0.3, -0.25) is 9.79 Å². The maximum atomic E-state index is 10.7. The van der Waals surface area contributed by atoms with E-state index in [1.165, 1.54) is 0 Å². The highest BCUT2D eigenvalue weighted by Gasteiger charge is 2.23. The van der Waals surface area contributed by atoms with E-state index < -0.39 is 5.97 Å². The van der Waals surface area contributed by atoms with Gasteiger partial charge in [-0.1, -0.05) is 31.5 Å². The number of nitriles is 1. The number of imidazole rings is 1. The second kappa shape index (κ2) is 15.3. The van der Waals surface area contributed by atoms with Crippen LogP contribution in [-0.4, -0.2) is 53.3 Å². The molecular weight excluding hydrogens is 532 g/mol. The fourth-order valence-corrected chi connectivity index (χ4v) is 4.77. The number of aliphatic imine (C=N–C) groups is 1. The number of carbonyl (C=O) groups is 1. The van der Waals surface area contributed by atoms with Gasteiger partial charge >= 0.3 is 5.97 Å². The monoisotopic (exact) mass is 571 g/mol. The number of aliphatic carboxylic acids is 1. The van der Waals surface area contributed by atoms with Crippen molar-refractivity contribution in [3.63, 3.8) is 0 Å². The summed E-state index contributed by atoms with van der Waals surface area (Å²) in [5.74, 6) is 1.35. The number of benzene rings is 2. The summed E-state index contributed by atoms with van der Waals surface area (Å²) in [6.07, 6.45) is 4.84. The summed E-state index contributed by atoms with van der Waals surface area (Å²) < 4.78 is 7.75. The molecule has 0 aliphatic carbocycles. The Morgan fingerprint density at radius 3 is 2.86 bits per heavy atom. The number of pyridine rings is 1. The summed E-state index contributed by atoms with van der Waals surface area (Å²) in [6.45, 7) is 4.55. The maximum absolute atomic E-state index is 10.7. The molecule has 2 heterocycles. The third-order valence-corrected chi connectivity index (χ3v) is 6.84. The minimum absolute atomic E-state index is 0.0341. The summed E-state index contributed by atoms with van der Waals surface area (Å²) in [6, 6.07) is 17.4. The van der Waals surface area contributed by atoms with E-state index in [1.54, 1.807) is 12.1 Å². The molecule has 0 fully saturated rings. The summed E-state index contributed by atoms with van der Waals surface area (Å²) in [4.78, 5) is 23.6. The Morgan fingerprint density at radius 1 is 1.19 bits per heavy atom. The first-order chi connectivity index (χ1) is 20.5. The van der Waals surface area contributed by atoms with Crippen molar-refractivity contribution in [2.24, 2.45) is 4.99 Å². The summed E-state index contributed by atoms with van der Waals surface area (Å²) >= 11 is 0. The molecular formula is C31H39N8O3+. The molecule has 2 aromatic carbocycles. The van der Waals surface area contributed by atoms with Crippen molar-refractivity contribution in [2.45, 2.75) is 52.0 Å². The lowest BCUT2D eigenvalue weighted by Gasteiger charge is -2.13. The van der Waals surface area contributed by atoms with Crippen molar-refractivity contribution in [1.82, 2.24) is 15.3 Å². The number of unbranched alkanes of at least 4 members (excludes halogenated alkanes) is 2. The smallest absolute Gasteiger partial charge is 0.305 e. The molecule has 0 atom stereocenters. The van der Waals surface area contributed by atoms with E-state index in [-0.39, 0.29) is 13.0 Å². The van der Waals surface area contributed by atoms with E-state index >= 15 is 0 Å². The SMILES string of the molecule is CCCCc1[nH]c2c(N)nc3ccccc3c2[n+]1CCCCN=C(NCCOCCC(=O)O)Nc1cccc(C#N)c1. The van der Waals surface area contributed by atoms with Crippen molar-refractivity contribution in [2.75, 3.05) is 37.4 Å². The Kier molecular flexibility index (Phi) is 11.1. The van der Waals surface area contributed by atoms with Crippen LogP contribution in [0.5, 0.6) is 0 Å². The fourth-order valence-electron chi connectivity index (χ4n) is 4.77. The van der Waals surface area contributed by atoms with Crippen LogP contribution in [0.1, 0.15) is 50.4 Å². The molecule has 42 heavy (non-hydrogen) atoms. The van der Waals surface area contributed by atoms with E-state index in [1.807, 2.05) is 30.3 Å². The predicted molar refractivity (Wildman–Crippen MR) is 164 cm³/mol. The largest absolute Gasteiger partial charge is 0.481 e. The van der Waals surface area contributed by atoms with E-state index in [0.29, 0.717) is 37.0 Å². The van der Waals surface area contributed by atoms with Gasteiger partial charge < -0.3 is 26.2 Å².